The first-order chi connectivity index (χ1) is 11.9. The molecule has 0 aliphatic carbocycles. The Labute approximate surface area is 141 Å². The maximum Gasteiger partial charge on any atom is 0.417 e. The normalized spacial score (nSPS) is 11.7. The van der Waals surface area contributed by atoms with Crippen LogP contribution in [0, 0.1) is 0 Å². The summed E-state index contributed by atoms with van der Waals surface area (Å²) >= 11 is 0. The van der Waals surface area contributed by atoms with Crippen LogP contribution in [-0.2, 0) is 6.18 Å². The number of aliphatic hydroxyl groups excluding tert-OH is 1. The zero-order chi connectivity index (χ0) is 18.0. The van der Waals surface area contributed by atoms with Crippen molar-refractivity contribution in [2.24, 2.45) is 0 Å². The van der Waals surface area contributed by atoms with Crippen LogP contribution < -0.4 is 11.0 Å². The summed E-state index contributed by atoms with van der Waals surface area (Å²) in [5.74, 6) is 0. The third-order valence-electron chi connectivity index (χ3n) is 3.82. The second-order valence-corrected chi connectivity index (χ2v) is 5.43. The number of nitrogens with zero attached hydrogens (tertiary/aromatic N) is 1. The van der Waals surface area contributed by atoms with Crippen LogP contribution in [0.15, 0.2) is 59.4 Å². The molecule has 4 nitrogen and oxygen atoms in total. The van der Waals surface area contributed by atoms with Crippen LogP contribution in [-0.4, -0.2) is 22.9 Å². The highest BCUT2D eigenvalue weighted by molar-refractivity contribution is 5.86. The highest BCUT2D eigenvalue weighted by atomic mass is 19.4. The molecule has 0 aliphatic rings. The molecule has 0 atom stereocenters. The average molecular weight is 348 g/mol. The molecular formula is C18H15F3N2O2. The van der Waals surface area contributed by atoms with Crippen molar-refractivity contribution in [3.63, 3.8) is 0 Å². The summed E-state index contributed by atoms with van der Waals surface area (Å²) in [4.78, 5) is 12.7. The molecular weight excluding hydrogens is 333 g/mol. The van der Waals surface area contributed by atoms with Crippen molar-refractivity contribution < 1.29 is 18.3 Å². The fourth-order valence-corrected chi connectivity index (χ4v) is 2.73. The average Bonchev–Trinajstić information content (AvgIpc) is 2.60. The molecule has 0 amide bonds. The van der Waals surface area contributed by atoms with Gasteiger partial charge in [0.05, 0.1) is 24.4 Å². The number of aliphatic hydroxyl groups is 1. The van der Waals surface area contributed by atoms with Gasteiger partial charge in [-0.25, -0.2) is 4.68 Å². The van der Waals surface area contributed by atoms with E-state index in [1.54, 1.807) is 24.3 Å². The van der Waals surface area contributed by atoms with E-state index in [-0.39, 0.29) is 24.4 Å². The van der Waals surface area contributed by atoms with Gasteiger partial charge in [-0.3, -0.25) is 4.79 Å². The summed E-state index contributed by atoms with van der Waals surface area (Å²) in [5, 5.41) is 9.94. The molecule has 2 aromatic carbocycles. The van der Waals surface area contributed by atoms with E-state index in [9.17, 15) is 18.0 Å². The van der Waals surface area contributed by atoms with Crippen molar-refractivity contribution in [3.05, 3.63) is 70.5 Å². The topological polar surface area (TPSA) is 54.3 Å². The molecule has 0 saturated carbocycles. The van der Waals surface area contributed by atoms with Crippen molar-refractivity contribution in [3.8, 4) is 11.3 Å². The second-order valence-electron chi connectivity index (χ2n) is 5.43. The zero-order valence-corrected chi connectivity index (χ0v) is 13.0. The Bertz CT molecular complexity index is 964. The van der Waals surface area contributed by atoms with Gasteiger partial charge in [-0.05, 0) is 23.6 Å². The Morgan fingerprint density at radius 2 is 1.72 bits per heavy atom. The van der Waals surface area contributed by atoms with Crippen LogP contribution in [0.25, 0.3) is 22.0 Å². The van der Waals surface area contributed by atoms with Gasteiger partial charge in [-0.2, -0.15) is 13.2 Å². The van der Waals surface area contributed by atoms with Gasteiger partial charge in [0.1, 0.15) is 0 Å². The van der Waals surface area contributed by atoms with E-state index in [0.29, 0.717) is 10.8 Å². The van der Waals surface area contributed by atoms with Crippen molar-refractivity contribution in [2.75, 3.05) is 18.6 Å². The number of aromatic nitrogens is 1. The third kappa shape index (κ3) is 3.23. The van der Waals surface area contributed by atoms with E-state index >= 15 is 0 Å². The lowest BCUT2D eigenvalue weighted by atomic mass is 10.0. The fraction of sp³-hybridized carbons (Fsp3) is 0.167. The molecule has 0 spiro atoms. The van der Waals surface area contributed by atoms with Gasteiger partial charge in [-0.15, -0.1) is 0 Å². The van der Waals surface area contributed by atoms with Gasteiger partial charge in [0.2, 0.25) is 0 Å². The van der Waals surface area contributed by atoms with Gasteiger partial charge in [0.25, 0.3) is 5.56 Å². The number of alkyl halides is 3. The lowest BCUT2D eigenvalue weighted by Crippen LogP contribution is -2.32. The minimum absolute atomic E-state index is 0.0272. The van der Waals surface area contributed by atoms with Crippen LogP contribution in [0.1, 0.15) is 5.56 Å². The minimum Gasteiger partial charge on any atom is -0.394 e. The van der Waals surface area contributed by atoms with Crippen LogP contribution >= 0.6 is 0 Å². The Hall–Kier alpha value is -2.80. The van der Waals surface area contributed by atoms with Crippen LogP contribution in [0.2, 0.25) is 0 Å². The number of pyridine rings is 1. The van der Waals surface area contributed by atoms with Crippen molar-refractivity contribution in [2.45, 2.75) is 6.18 Å². The van der Waals surface area contributed by atoms with Gasteiger partial charge < -0.3 is 10.5 Å². The minimum atomic E-state index is -4.56. The SMILES string of the molecule is O=c1c2ccccc2cc(-c2ccccc2C(F)(F)F)n1NCCO. The van der Waals surface area contributed by atoms with E-state index in [0.717, 1.165) is 10.7 Å². The number of hydrogen-bond donors (Lipinski definition) is 2. The Morgan fingerprint density at radius 3 is 2.44 bits per heavy atom. The predicted octanol–water partition coefficient (Wildman–Crippen LogP) is 3.22. The van der Waals surface area contributed by atoms with Gasteiger partial charge >= 0.3 is 6.18 Å². The summed E-state index contributed by atoms with van der Waals surface area (Å²) in [5.41, 5.74) is 1.36. The summed E-state index contributed by atoms with van der Waals surface area (Å²) in [6, 6.07) is 13.3. The number of benzene rings is 2. The highest BCUT2D eigenvalue weighted by Crippen LogP contribution is 2.37. The number of rotatable bonds is 4. The quantitative estimate of drug-likeness (QED) is 0.761. The van der Waals surface area contributed by atoms with Crippen LogP contribution in [0.4, 0.5) is 13.2 Å². The van der Waals surface area contributed by atoms with Crippen LogP contribution in [0.5, 0.6) is 0 Å². The monoisotopic (exact) mass is 348 g/mol. The zero-order valence-electron chi connectivity index (χ0n) is 13.0. The third-order valence-corrected chi connectivity index (χ3v) is 3.82. The first-order valence-corrected chi connectivity index (χ1v) is 7.59. The summed E-state index contributed by atoms with van der Waals surface area (Å²) in [6.45, 7) is -0.237. The number of hydrogen-bond acceptors (Lipinski definition) is 3. The molecule has 130 valence electrons. The highest BCUT2D eigenvalue weighted by Gasteiger charge is 2.34. The maximum absolute atomic E-state index is 13.4. The summed E-state index contributed by atoms with van der Waals surface area (Å²) < 4.78 is 41.2. The van der Waals surface area contributed by atoms with E-state index < -0.39 is 17.3 Å². The standard InChI is InChI=1S/C18H15F3N2O2/c19-18(20,21)15-8-4-3-7-14(15)16-11-12-5-1-2-6-13(12)17(25)23(16)22-9-10-24/h1-8,11,22,24H,9-10H2. The molecule has 0 radical (unpaired) electrons. The second kappa shape index (κ2) is 6.60. The Balaban J connectivity index is 2.34. The molecule has 2 N–H and O–H groups in total. The van der Waals surface area contributed by atoms with Crippen molar-refractivity contribution >= 4 is 10.8 Å². The molecule has 0 saturated heterocycles. The predicted molar refractivity (Wildman–Crippen MR) is 90.0 cm³/mol. The molecule has 3 aromatic rings. The summed E-state index contributed by atoms with van der Waals surface area (Å²) in [6.07, 6.45) is -4.56. The van der Waals surface area contributed by atoms with E-state index in [1.807, 2.05) is 0 Å². The molecule has 3 rings (SSSR count). The van der Waals surface area contributed by atoms with Gasteiger partial charge in [0, 0.05) is 10.9 Å². The number of halogens is 3. The molecule has 1 heterocycles. The smallest absolute Gasteiger partial charge is 0.394 e. The van der Waals surface area contributed by atoms with Gasteiger partial charge in [-0.1, -0.05) is 36.4 Å². The lowest BCUT2D eigenvalue weighted by Gasteiger charge is -2.19. The van der Waals surface area contributed by atoms with Crippen molar-refractivity contribution in [1.29, 1.82) is 0 Å². The van der Waals surface area contributed by atoms with E-state index in [2.05, 4.69) is 5.43 Å². The number of fused-ring (bicyclic) bond motifs is 1. The first-order valence-electron chi connectivity index (χ1n) is 7.59. The first kappa shape index (κ1) is 17.0. The molecule has 1 aromatic heterocycles. The maximum atomic E-state index is 13.4. The fourth-order valence-electron chi connectivity index (χ4n) is 2.73. The Kier molecular flexibility index (Phi) is 4.50. The molecule has 0 fully saturated rings. The largest absolute Gasteiger partial charge is 0.417 e. The Morgan fingerprint density at radius 1 is 1.04 bits per heavy atom. The molecule has 25 heavy (non-hydrogen) atoms. The van der Waals surface area contributed by atoms with E-state index in [4.69, 9.17) is 5.11 Å². The molecule has 7 heteroatoms. The van der Waals surface area contributed by atoms with Crippen LogP contribution in [0.3, 0.4) is 0 Å². The molecule has 0 unspecified atom stereocenters. The number of nitrogens with one attached hydrogen (secondary N) is 1. The molecule has 0 aliphatic heterocycles. The van der Waals surface area contributed by atoms with Gasteiger partial charge in [0.15, 0.2) is 0 Å². The lowest BCUT2D eigenvalue weighted by molar-refractivity contribution is -0.137. The molecule has 0 bridgehead atoms. The summed E-state index contributed by atoms with van der Waals surface area (Å²) in [7, 11) is 0. The van der Waals surface area contributed by atoms with Crippen molar-refractivity contribution in [1.82, 2.24) is 4.68 Å². The van der Waals surface area contributed by atoms with E-state index in [1.165, 1.54) is 24.3 Å².